The van der Waals surface area contributed by atoms with Crippen molar-refractivity contribution in [3.8, 4) is 0 Å². The second-order valence-corrected chi connectivity index (χ2v) is 6.37. The third-order valence-corrected chi connectivity index (χ3v) is 4.45. The average Bonchev–Trinajstić information content (AvgIpc) is 3.22. The first-order valence-corrected chi connectivity index (χ1v) is 8.01. The molecule has 1 saturated heterocycles. The van der Waals surface area contributed by atoms with E-state index in [-0.39, 0.29) is 22.8 Å². The molecular weight excluding hydrogens is 322 g/mol. The summed E-state index contributed by atoms with van der Waals surface area (Å²) in [5.74, 6) is 0.369. The molecule has 0 radical (unpaired) electrons. The van der Waals surface area contributed by atoms with E-state index in [0.29, 0.717) is 24.8 Å². The summed E-state index contributed by atoms with van der Waals surface area (Å²) in [5, 5.41) is 13.6. The highest BCUT2D eigenvalue weighted by Crippen LogP contribution is 2.31. The number of nitro groups is 1. The van der Waals surface area contributed by atoms with Gasteiger partial charge in [0.2, 0.25) is 0 Å². The summed E-state index contributed by atoms with van der Waals surface area (Å²) in [4.78, 5) is 24.6. The molecule has 1 aliphatic carbocycles. The number of carbonyl (C=O) groups is 1. The molecule has 0 aromatic heterocycles. The Hall–Kier alpha value is -1.86. The van der Waals surface area contributed by atoms with Gasteiger partial charge in [-0.3, -0.25) is 10.1 Å². The van der Waals surface area contributed by atoms with Crippen molar-refractivity contribution in [1.82, 2.24) is 4.90 Å². The molecule has 1 atom stereocenters. The van der Waals surface area contributed by atoms with Gasteiger partial charge in [0.15, 0.2) is 0 Å². The van der Waals surface area contributed by atoms with Crippen LogP contribution in [0.1, 0.15) is 19.3 Å². The Morgan fingerprint density at radius 3 is 2.78 bits per heavy atom. The molecule has 3 rings (SSSR count). The molecule has 23 heavy (non-hydrogen) atoms. The van der Waals surface area contributed by atoms with E-state index in [1.54, 1.807) is 0 Å². The van der Waals surface area contributed by atoms with Gasteiger partial charge < -0.3 is 15.0 Å². The molecular formula is C15H18ClN3O4. The Bertz CT molecular complexity index is 615. The molecule has 0 spiro atoms. The van der Waals surface area contributed by atoms with Crippen LogP contribution in [0.3, 0.4) is 0 Å². The quantitative estimate of drug-likeness (QED) is 0.659. The molecule has 1 aromatic rings. The first-order chi connectivity index (χ1) is 11.0. The molecule has 1 aromatic carbocycles. The molecule has 1 unspecified atom stereocenters. The fourth-order valence-electron chi connectivity index (χ4n) is 2.70. The number of ether oxygens (including phenoxy) is 1. The minimum atomic E-state index is -0.520. The van der Waals surface area contributed by atoms with Crippen molar-refractivity contribution < 1.29 is 14.5 Å². The summed E-state index contributed by atoms with van der Waals surface area (Å²) < 4.78 is 5.37. The van der Waals surface area contributed by atoms with Crippen LogP contribution >= 0.6 is 11.6 Å². The Labute approximate surface area is 138 Å². The molecule has 0 bridgehead atoms. The lowest BCUT2D eigenvalue weighted by Gasteiger charge is -2.25. The lowest BCUT2D eigenvalue weighted by atomic mass is 10.1. The molecule has 124 valence electrons. The number of urea groups is 1. The minimum absolute atomic E-state index is 0.102. The number of hydrogen-bond donors (Lipinski definition) is 1. The highest BCUT2D eigenvalue weighted by molar-refractivity contribution is 6.33. The maximum absolute atomic E-state index is 12.5. The minimum Gasteiger partial charge on any atom is -0.381 e. The van der Waals surface area contributed by atoms with Gasteiger partial charge in [0, 0.05) is 37.2 Å². The van der Waals surface area contributed by atoms with E-state index in [9.17, 15) is 14.9 Å². The summed E-state index contributed by atoms with van der Waals surface area (Å²) in [7, 11) is 0. The Morgan fingerprint density at radius 1 is 1.43 bits per heavy atom. The number of nitrogens with one attached hydrogen (secondary N) is 1. The van der Waals surface area contributed by atoms with Crippen LogP contribution in [0.4, 0.5) is 16.2 Å². The molecule has 1 aliphatic heterocycles. The second kappa shape index (κ2) is 6.72. The van der Waals surface area contributed by atoms with Gasteiger partial charge in [-0.1, -0.05) is 11.6 Å². The SMILES string of the molecule is O=C(Nc1ccc([N+](=O)[O-])cc1Cl)N(CC1CCOC1)C1CC1. The van der Waals surface area contributed by atoms with Crippen molar-refractivity contribution in [2.45, 2.75) is 25.3 Å². The van der Waals surface area contributed by atoms with E-state index in [0.717, 1.165) is 25.9 Å². The van der Waals surface area contributed by atoms with Crippen molar-refractivity contribution in [1.29, 1.82) is 0 Å². The summed E-state index contributed by atoms with van der Waals surface area (Å²) >= 11 is 6.03. The fourth-order valence-corrected chi connectivity index (χ4v) is 2.92. The highest BCUT2D eigenvalue weighted by Gasteiger charge is 2.35. The van der Waals surface area contributed by atoms with Gasteiger partial charge in [-0.25, -0.2) is 4.79 Å². The first kappa shape index (κ1) is 16.0. The monoisotopic (exact) mass is 339 g/mol. The lowest BCUT2D eigenvalue weighted by molar-refractivity contribution is -0.384. The van der Waals surface area contributed by atoms with Crippen LogP contribution in [0.15, 0.2) is 18.2 Å². The number of carbonyl (C=O) groups excluding carboxylic acids is 1. The van der Waals surface area contributed by atoms with Crippen molar-refractivity contribution >= 4 is 29.0 Å². The molecule has 8 heteroatoms. The molecule has 2 fully saturated rings. The molecule has 2 aliphatic rings. The molecule has 1 heterocycles. The van der Waals surface area contributed by atoms with Crippen molar-refractivity contribution in [3.05, 3.63) is 33.3 Å². The van der Waals surface area contributed by atoms with Gasteiger partial charge in [0.05, 0.1) is 22.2 Å². The highest BCUT2D eigenvalue weighted by atomic mass is 35.5. The zero-order valence-corrected chi connectivity index (χ0v) is 13.3. The number of nitro benzene ring substituents is 1. The van der Waals surface area contributed by atoms with Gasteiger partial charge in [0.1, 0.15) is 0 Å². The number of non-ortho nitro benzene ring substituents is 1. The number of nitrogens with zero attached hydrogens (tertiary/aromatic N) is 2. The van der Waals surface area contributed by atoms with E-state index >= 15 is 0 Å². The second-order valence-electron chi connectivity index (χ2n) is 5.96. The van der Waals surface area contributed by atoms with Gasteiger partial charge in [-0.15, -0.1) is 0 Å². The van der Waals surface area contributed by atoms with Gasteiger partial charge >= 0.3 is 6.03 Å². The first-order valence-electron chi connectivity index (χ1n) is 7.64. The zero-order chi connectivity index (χ0) is 16.4. The third kappa shape index (κ3) is 3.92. The van der Waals surface area contributed by atoms with Crippen molar-refractivity contribution in [2.75, 3.05) is 25.1 Å². The van der Waals surface area contributed by atoms with Gasteiger partial charge in [-0.05, 0) is 25.3 Å². The normalized spacial score (nSPS) is 20.3. The summed E-state index contributed by atoms with van der Waals surface area (Å²) in [5.41, 5.74) is 0.283. The predicted molar refractivity (Wildman–Crippen MR) is 85.8 cm³/mol. The van der Waals surface area contributed by atoms with Crippen molar-refractivity contribution in [2.24, 2.45) is 5.92 Å². The molecule has 2 amide bonds. The summed E-state index contributed by atoms with van der Waals surface area (Å²) in [6.45, 7) is 2.11. The van der Waals surface area contributed by atoms with Crippen molar-refractivity contribution in [3.63, 3.8) is 0 Å². The molecule has 7 nitrogen and oxygen atoms in total. The van der Waals surface area contributed by atoms with Crippen LogP contribution in [0, 0.1) is 16.0 Å². The fraction of sp³-hybridized carbons (Fsp3) is 0.533. The standard InChI is InChI=1S/C15H18ClN3O4/c16-13-7-12(19(21)22)3-4-14(13)17-15(20)18(11-1-2-11)8-10-5-6-23-9-10/h3-4,7,10-11H,1-2,5-6,8-9H2,(H,17,20). The third-order valence-electron chi connectivity index (χ3n) is 4.13. The number of rotatable bonds is 5. The molecule has 1 saturated carbocycles. The summed E-state index contributed by atoms with van der Waals surface area (Å²) in [6, 6.07) is 4.09. The van der Waals surface area contributed by atoms with E-state index in [4.69, 9.17) is 16.3 Å². The van der Waals surface area contributed by atoms with Crippen LogP contribution in [0.25, 0.3) is 0 Å². The van der Waals surface area contributed by atoms with Gasteiger partial charge in [-0.2, -0.15) is 0 Å². The van der Waals surface area contributed by atoms with E-state index in [1.165, 1.54) is 18.2 Å². The lowest BCUT2D eigenvalue weighted by Crippen LogP contribution is -2.40. The number of amides is 2. The summed E-state index contributed by atoms with van der Waals surface area (Å²) in [6.07, 6.45) is 2.98. The van der Waals surface area contributed by atoms with E-state index in [2.05, 4.69) is 5.32 Å². The van der Waals surface area contributed by atoms with Crippen LogP contribution < -0.4 is 5.32 Å². The van der Waals surface area contributed by atoms with Crippen LogP contribution in [-0.2, 0) is 4.74 Å². The Morgan fingerprint density at radius 2 is 2.22 bits per heavy atom. The smallest absolute Gasteiger partial charge is 0.322 e. The maximum Gasteiger partial charge on any atom is 0.322 e. The topological polar surface area (TPSA) is 84.7 Å². The van der Waals surface area contributed by atoms with Gasteiger partial charge in [0.25, 0.3) is 5.69 Å². The largest absolute Gasteiger partial charge is 0.381 e. The Balaban J connectivity index is 1.67. The van der Waals surface area contributed by atoms with Crippen LogP contribution in [0.2, 0.25) is 5.02 Å². The number of anilines is 1. The maximum atomic E-state index is 12.5. The molecule has 1 N–H and O–H groups in total. The zero-order valence-electron chi connectivity index (χ0n) is 12.5. The number of benzene rings is 1. The van der Waals surface area contributed by atoms with E-state index < -0.39 is 4.92 Å². The predicted octanol–water partition coefficient (Wildman–Crippen LogP) is 3.28. The number of halogens is 1. The van der Waals surface area contributed by atoms with E-state index in [1.807, 2.05) is 4.90 Å². The average molecular weight is 340 g/mol. The Kier molecular flexibility index (Phi) is 4.68. The van der Waals surface area contributed by atoms with Crippen LogP contribution in [-0.4, -0.2) is 41.7 Å². The van der Waals surface area contributed by atoms with Crippen LogP contribution in [0.5, 0.6) is 0 Å². The number of hydrogen-bond acceptors (Lipinski definition) is 4.